The molecule has 1 aromatic carbocycles. The molecule has 3 heterocycles. The number of aryl methyl sites for hydroxylation is 1. The lowest BCUT2D eigenvalue weighted by Crippen LogP contribution is -2.31. The number of hydrogen-bond donors (Lipinski definition) is 1. The van der Waals surface area contributed by atoms with E-state index in [0.717, 1.165) is 37.0 Å². The largest absolute Gasteiger partial charge is 0.352 e. The fourth-order valence-corrected chi connectivity index (χ4v) is 4.38. The molecule has 0 unspecified atom stereocenters. The van der Waals surface area contributed by atoms with Gasteiger partial charge in [0, 0.05) is 36.8 Å². The van der Waals surface area contributed by atoms with Crippen molar-refractivity contribution in [3.63, 3.8) is 0 Å². The molecule has 0 aliphatic carbocycles. The smallest absolute Gasteiger partial charge is 0.271 e. The van der Waals surface area contributed by atoms with Crippen LogP contribution in [0.4, 0.5) is 0 Å². The Labute approximate surface area is 178 Å². The maximum absolute atomic E-state index is 12.3. The van der Waals surface area contributed by atoms with Crippen molar-refractivity contribution >= 4 is 33.2 Å². The molecule has 0 saturated carbocycles. The number of thiazole rings is 1. The van der Waals surface area contributed by atoms with Crippen molar-refractivity contribution in [2.45, 2.75) is 45.6 Å². The molecule has 30 heavy (non-hydrogen) atoms. The van der Waals surface area contributed by atoms with Crippen LogP contribution >= 0.6 is 11.3 Å². The summed E-state index contributed by atoms with van der Waals surface area (Å²) in [4.78, 5) is 34.2. The molecule has 0 fully saturated rings. The van der Waals surface area contributed by atoms with Gasteiger partial charge in [-0.25, -0.2) is 9.97 Å². The Morgan fingerprint density at radius 1 is 1.20 bits per heavy atom. The minimum Gasteiger partial charge on any atom is -0.352 e. The molecule has 156 valence electrons. The van der Waals surface area contributed by atoms with Crippen molar-refractivity contribution in [1.29, 1.82) is 0 Å². The molecule has 0 spiro atoms. The van der Waals surface area contributed by atoms with E-state index in [-0.39, 0.29) is 17.0 Å². The number of benzene rings is 1. The molecule has 8 heteroatoms. The number of nitrogens with one attached hydrogen (secondary N) is 1. The van der Waals surface area contributed by atoms with Crippen LogP contribution in [-0.4, -0.2) is 31.4 Å². The van der Waals surface area contributed by atoms with Gasteiger partial charge in [-0.1, -0.05) is 18.6 Å². The third kappa shape index (κ3) is 4.00. The molecular weight excluding hydrogens is 398 g/mol. The number of unbranched alkanes of at least 4 members (excludes halogenated alkanes) is 2. The van der Waals surface area contributed by atoms with Gasteiger partial charge in [0.2, 0.25) is 0 Å². The Kier molecular flexibility index (Phi) is 5.94. The lowest BCUT2D eigenvalue weighted by molar-refractivity contribution is 0.0951. The Bertz CT molecular complexity index is 1240. The molecule has 0 aliphatic heterocycles. The van der Waals surface area contributed by atoms with Gasteiger partial charge in [-0.05, 0) is 38.8 Å². The zero-order valence-electron chi connectivity index (χ0n) is 17.2. The van der Waals surface area contributed by atoms with E-state index in [1.807, 2.05) is 12.1 Å². The van der Waals surface area contributed by atoms with Crippen LogP contribution in [0.1, 0.15) is 55.3 Å². The van der Waals surface area contributed by atoms with Gasteiger partial charge in [-0.15, -0.1) is 11.3 Å². The molecular formula is C22H25N5O2S. The number of imidazole rings is 1. The topological polar surface area (TPSA) is 81.3 Å². The third-order valence-electron chi connectivity index (χ3n) is 5.14. The van der Waals surface area contributed by atoms with Crippen LogP contribution in [0.25, 0.3) is 16.0 Å². The molecule has 1 amide bonds. The molecule has 0 bridgehead atoms. The van der Waals surface area contributed by atoms with Crippen LogP contribution in [0, 0.1) is 0 Å². The minimum atomic E-state index is -0.366. The number of carbonyl (C=O) groups excluding carboxylic acids is 1. The lowest BCUT2D eigenvalue weighted by Gasteiger charge is -2.13. The van der Waals surface area contributed by atoms with E-state index in [4.69, 9.17) is 4.98 Å². The number of amides is 1. The maximum atomic E-state index is 12.3. The predicted molar refractivity (Wildman–Crippen MR) is 119 cm³/mol. The monoisotopic (exact) mass is 423 g/mol. The minimum absolute atomic E-state index is 0.0801. The van der Waals surface area contributed by atoms with Gasteiger partial charge in [0.1, 0.15) is 11.4 Å². The number of hydrogen-bond acceptors (Lipinski definition) is 5. The van der Waals surface area contributed by atoms with Crippen molar-refractivity contribution in [3.05, 3.63) is 63.8 Å². The summed E-state index contributed by atoms with van der Waals surface area (Å²) in [6.45, 7) is 4.89. The Morgan fingerprint density at radius 2 is 2.03 bits per heavy atom. The van der Waals surface area contributed by atoms with Crippen LogP contribution in [0.3, 0.4) is 0 Å². The summed E-state index contributed by atoms with van der Waals surface area (Å²) in [7, 11) is 0. The van der Waals surface area contributed by atoms with Crippen molar-refractivity contribution in [2.75, 3.05) is 6.54 Å². The third-order valence-corrected chi connectivity index (χ3v) is 5.91. The maximum Gasteiger partial charge on any atom is 0.271 e. The molecule has 0 aliphatic rings. The molecule has 1 N–H and O–H groups in total. The summed E-state index contributed by atoms with van der Waals surface area (Å²) in [5.41, 5.74) is 1.97. The van der Waals surface area contributed by atoms with Crippen molar-refractivity contribution in [3.8, 4) is 0 Å². The highest BCUT2D eigenvalue weighted by molar-refractivity contribution is 7.15. The van der Waals surface area contributed by atoms with Gasteiger partial charge >= 0.3 is 0 Å². The zero-order chi connectivity index (χ0) is 21.1. The summed E-state index contributed by atoms with van der Waals surface area (Å²) in [5, 5.41) is 4.61. The van der Waals surface area contributed by atoms with Gasteiger partial charge < -0.3 is 9.88 Å². The normalized spacial score (nSPS) is 11.6. The number of nitrogens with zero attached hydrogens (tertiary/aromatic N) is 4. The quantitative estimate of drug-likeness (QED) is 0.437. The van der Waals surface area contributed by atoms with E-state index in [0.29, 0.717) is 17.5 Å². The van der Waals surface area contributed by atoms with Crippen molar-refractivity contribution in [1.82, 2.24) is 24.3 Å². The number of fused-ring (bicyclic) bond motifs is 2. The molecule has 0 radical (unpaired) electrons. The van der Waals surface area contributed by atoms with Crippen molar-refractivity contribution < 1.29 is 4.79 Å². The number of para-hydroxylation sites is 2. The van der Waals surface area contributed by atoms with Gasteiger partial charge in [0.15, 0.2) is 4.96 Å². The fraction of sp³-hybridized carbons (Fsp3) is 0.364. The molecule has 7 nitrogen and oxygen atoms in total. The van der Waals surface area contributed by atoms with E-state index in [1.165, 1.54) is 27.5 Å². The molecule has 4 rings (SSSR count). The Morgan fingerprint density at radius 3 is 2.87 bits per heavy atom. The second kappa shape index (κ2) is 8.79. The zero-order valence-corrected chi connectivity index (χ0v) is 18.0. The lowest BCUT2D eigenvalue weighted by atomic mass is 10.1. The SMILES string of the molecule is CC(C)n1c(CCCCCNC(=O)c2cnc3sccn3c2=O)nc2ccccc21. The van der Waals surface area contributed by atoms with Crippen molar-refractivity contribution in [2.24, 2.45) is 0 Å². The van der Waals surface area contributed by atoms with Gasteiger partial charge in [0.05, 0.1) is 11.0 Å². The second-order valence-corrected chi connectivity index (χ2v) is 8.45. The molecule has 4 aromatic rings. The second-order valence-electron chi connectivity index (χ2n) is 7.58. The first-order chi connectivity index (χ1) is 14.6. The van der Waals surface area contributed by atoms with Crippen LogP contribution in [0.15, 0.2) is 46.8 Å². The first kappa shape index (κ1) is 20.3. The number of aromatic nitrogens is 4. The first-order valence-corrected chi connectivity index (χ1v) is 11.1. The van der Waals surface area contributed by atoms with E-state index in [1.54, 1.807) is 11.6 Å². The van der Waals surface area contributed by atoms with E-state index >= 15 is 0 Å². The molecule has 0 atom stereocenters. The summed E-state index contributed by atoms with van der Waals surface area (Å²) < 4.78 is 3.71. The Balaban J connectivity index is 1.28. The van der Waals surface area contributed by atoms with Crippen LogP contribution in [0.2, 0.25) is 0 Å². The van der Waals surface area contributed by atoms with Crippen LogP contribution in [0.5, 0.6) is 0 Å². The number of rotatable bonds is 8. The summed E-state index contributed by atoms with van der Waals surface area (Å²) in [6, 6.07) is 8.60. The van der Waals surface area contributed by atoms with E-state index in [2.05, 4.69) is 40.8 Å². The summed E-state index contributed by atoms with van der Waals surface area (Å²) in [5.74, 6) is 0.744. The number of carbonyl (C=O) groups is 1. The highest BCUT2D eigenvalue weighted by Crippen LogP contribution is 2.22. The Hall–Kier alpha value is -3.00. The average molecular weight is 424 g/mol. The average Bonchev–Trinajstić information content (AvgIpc) is 3.35. The fourth-order valence-electron chi connectivity index (χ4n) is 3.71. The summed E-state index contributed by atoms with van der Waals surface area (Å²) in [6.07, 6.45) is 6.72. The first-order valence-electron chi connectivity index (χ1n) is 10.2. The van der Waals surface area contributed by atoms with Crippen LogP contribution in [-0.2, 0) is 6.42 Å². The van der Waals surface area contributed by atoms with Gasteiger partial charge in [0.25, 0.3) is 11.5 Å². The van der Waals surface area contributed by atoms with E-state index < -0.39 is 0 Å². The molecule has 0 saturated heterocycles. The highest BCUT2D eigenvalue weighted by Gasteiger charge is 2.14. The van der Waals surface area contributed by atoms with E-state index in [9.17, 15) is 9.59 Å². The van der Waals surface area contributed by atoms with Crippen LogP contribution < -0.4 is 10.9 Å². The predicted octanol–water partition coefficient (Wildman–Crippen LogP) is 3.83. The van der Waals surface area contributed by atoms with Gasteiger partial charge in [-0.2, -0.15) is 0 Å². The molecule has 3 aromatic heterocycles. The highest BCUT2D eigenvalue weighted by atomic mass is 32.1. The summed E-state index contributed by atoms with van der Waals surface area (Å²) >= 11 is 1.36. The standard InChI is InChI=1S/C22H25N5O2S/c1-15(2)27-18-9-6-5-8-17(18)25-19(27)10-4-3-7-11-23-20(28)16-14-24-22-26(21(16)29)12-13-30-22/h5-6,8-9,12-15H,3-4,7,10-11H2,1-2H3,(H,23,28). The van der Waals surface area contributed by atoms with Gasteiger partial charge in [-0.3, -0.25) is 14.0 Å².